The van der Waals surface area contributed by atoms with Crippen LogP contribution in [0.5, 0.6) is 0 Å². The van der Waals surface area contributed by atoms with Gasteiger partial charge >= 0.3 is 0 Å². The molecule has 0 heterocycles. The lowest BCUT2D eigenvalue weighted by Crippen LogP contribution is -2.34. The van der Waals surface area contributed by atoms with Gasteiger partial charge in [0, 0.05) is 26.7 Å². The van der Waals surface area contributed by atoms with Crippen molar-refractivity contribution in [2.45, 2.75) is 26.3 Å². The summed E-state index contributed by atoms with van der Waals surface area (Å²) in [6, 6.07) is 0.386. The van der Waals surface area contributed by atoms with Gasteiger partial charge in [0.15, 0.2) is 0 Å². The van der Waals surface area contributed by atoms with Gasteiger partial charge in [0.25, 0.3) is 0 Å². The molecule has 4 nitrogen and oxygen atoms in total. The Labute approximate surface area is 81.4 Å². The van der Waals surface area contributed by atoms with Gasteiger partial charge in [0.1, 0.15) is 0 Å². The first kappa shape index (κ1) is 12.9. The first-order valence-corrected chi connectivity index (χ1v) is 6.14. The van der Waals surface area contributed by atoms with E-state index in [1.54, 1.807) is 14.1 Å². The van der Waals surface area contributed by atoms with Crippen molar-refractivity contribution in [3.8, 4) is 0 Å². The summed E-state index contributed by atoms with van der Waals surface area (Å²) in [6.45, 7) is 4.63. The zero-order chi connectivity index (χ0) is 10.5. The monoisotopic (exact) mass is 208 g/mol. The zero-order valence-corrected chi connectivity index (χ0v) is 9.69. The van der Waals surface area contributed by atoms with Crippen LogP contribution in [-0.2, 0) is 10.0 Å². The second-order valence-corrected chi connectivity index (χ2v) is 5.66. The van der Waals surface area contributed by atoms with E-state index in [0.29, 0.717) is 12.6 Å². The van der Waals surface area contributed by atoms with E-state index in [-0.39, 0.29) is 5.75 Å². The number of rotatable bonds is 6. The van der Waals surface area contributed by atoms with Crippen molar-refractivity contribution in [3.05, 3.63) is 0 Å². The Morgan fingerprint density at radius 2 is 1.92 bits per heavy atom. The summed E-state index contributed by atoms with van der Waals surface area (Å²) >= 11 is 0. The molecule has 13 heavy (non-hydrogen) atoms. The van der Waals surface area contributed by atoms with Crippen molar-refractivity contribution in [1.82, 2.24) is 9.62 Å². The number of nitrogens with one attached hydrogen (secondary N) is 1. The molecular weight excluding hydrogens is 188 g/mol. The van der Waals surface area contributed by atoms with Gasteiger partial charge in [-0.1, -0.05) is 6.92 Å². The van der Waals surface area contributed by atoms with Crippen molar-refractivity contribution < 1.29 is 8.42 Å². The maximum absolute atomic E-state index is 11.3. The largest absolute Gasteiger partial charge is 0.313 e. The average Bonchev–Trinajstić information content (AvgIpc) is 2.03. The molecular formula is C8H20N2O2S. The molecule has 0 aromatic heterocycles. The summed E-state index contributed by atoms with van der Waals surface area (Å²) in [7, 11) is 0.0770. The van der Waals surface area contributed by atoms with Crippen LogP contribution in [-0.4, -0.2) is 45.2 Å². The van der Waals surface area contributed by atoms with E-state index in [0.717, 1.165) is 6.42 Å². The minimum absolute atomic E-state index is 0.171. The van der Waals surface area contributed by atoms with Crippen molar-refractivity contribution in [3.63, 3.8) is 0 Å². The fourth-order valence-corrected chi connectivity index (χ4v) is 1.50. The van der Waals surface area contributed by atoms with Gasteiger partial charge in [0.2, 0.25) is 10.0 Å². The maximum Gasteiger partial charge on any atom is 0.214 e. The Kier molecular flexibility index (Phi) is 5.51. The van der Waals surface area contributed by atoms with Crippen LogP contribution in [0.4, 0.5) is 0 Å². The molecule has 0 fully saturated rings. The van der Waals surface area contributed by atoms with Crippen molar-refractivity contribution >= 4 is 10.0 Å². The van der Waals surface area contributed by atoms with Crippen LogP contribution in [0.25, 0.3) is 0 Å². The highest BCUT2D eigenvalue weighted by Crippen LogP contribution is 1.93. The van der Waals surface area contributed by atoms with Gasteiger partial charge in [-0.2, -0.15) is 0 Å². The molecule has 0 aromatic carbocycles. The van der Waals surface area contributed by atoms with Gasteiger partial charge in [-0.3, -0.25) is 0 Å². The van der Waals surface area contributed by atoms with E-state index in [2.05, 4.69) is 12.2 Å². The van der Waals surface area contributed by atoms with E-state index in [4.69, 9.17) is 0 Å². The zero-order valence-electron chi connectivity index (χ0n) is 8.87. The summed E-state index contributed by atoms with van der Waals surface area (Å²) in [4.78, 5) is 0. The first-order chi connectivity index (χ1) is 5.90. The molecule has 0 aromatic rings. The third kappa shape index (κ3) is 5.23. The smallest absolute Gasteiger partial charge is 0.214 e. The molecule has 1 atom stereocenters. The molecule has 0 spiro atoms. The molecule has 0 rings (SSSR count). The summed E-state index contributed by atoms with van der Waals surface area (Å²) in [5.74, 6) is 0.171. The van der Waals surface area contributed by atoms with Crippen molar-refractivity contribution in [2.24, 2.45) is 0 Å². The quantitative estimate of drug-likeness (QED) is 0.681. The van der Waals surface area contributed by atoms with Gasteiger partial charge in [-0.05, 0) is 13.3 Å². The molecule has 1 N–H and O–H groups in total. The van der Waals surface area contributed by atoms with Gasteiger partial charge in [0.05, 0.1) is 5.75 Å². The van der Waals surface area contributed by atoms with Crippen LogP contribution in [0.3, 0.4) is 0 Å². The SMILES string of the molecule is CCC(C)NCCS(=O)(=O)N(C)C. The third-order valence-electron chi connectivity index (χ3n) is 2.02. The number of hydrogen-bond donors (Lipinski definition) is 1. The van der Waals surface area contributed by atoms with E-state index in [9.17, 15) is 8.42 Å². The minimum atomic E-state index is -3.03. The Morgan fingerprint density at radius 3 is 2.31 bits per heavy atom. The Morgan fingerprint density at radius 1 is 1.38 bits per heavy atom. The van der Waals surface area contributed by atoms with Crippen molar-refractivity contribution in [1.29, 1.82) is 0 Å². The lowest BCUT2D eigenvalue weighted by atomic mass is 10.3. The number of hydrogen-bond acceptors (Lipinski definition) is 3. The molecule has 0 amide bonds. The minimum Gasteiger partial charge on any atom is -0.313 e. The maximum atomic E-state index is 11.3. The standard InChI is InChI=1S/C8H20N2O2S/c1-5-8(2)9-6-7-13(11,12)10(3)4/h8-9H,5-7H2,1-4H3. The Balaban J connectivity index is 3.78. The van der Waals surface area contributed by atoms with Crippen LogP contribution in [0.2, 0.25) is 0 Å². The van der Waals surface area contributed by atoms with E-state index < -0.39 is 10.0 Å². The molecule has 0 aliphatic carbocycles. The predicted molar refractivity (Wildman–Crippen MR) is 55.2 cm³/mol. The van der Waals surface area contributed by atoms with Crippen LogP contribution >= 0.6 is 0 Å². The third-order valence-corrected chi connectivity index (χ3v) is 3.85. The van der Waals surface area contributed by atoms with Crippen LogP contribution in [0.1, 0.15) is 20.3 Å². The molecule has 80 valence electrons. The summed E-state index contributed by atoms with van der Waals surface area (Å²) in [5.41, 5.74) is 0. The van der Waals surface area contributed by atoms with Gasteiger partial charge < -0.3 is 5.32 Å². The van der Waals surface area contributed by atoms with Crippen molar-refractivity contribution in [2.75, 3.05) is 26.4 Å². The highest BCUT2D eigenvalue weighted by molar-refractivity contribution is 7.89. The Hall–Kier alpha value is -0.130. The average molecular weight is 208 g/mol. The normalized spacial score (nSPS) is 14.8. The highest BCUT2D eigenvalue weighted by atomic mass is 32.2. The lowest BCUT2D eigenvalue weighted by molar-refractivity contribution is 0.507. The number of nitrogens with zero attached hydrogens (tertiary/aromatic N) is 1. The lowest BCUT2D eigenvalue weighted by Gasteiger charge is -2.14. The topological polar surface area (TPSA) is 49.4 Å². The highest BCUT2D eigenvalue weighted by Gasteiger charge is 2.12. The fourth-order valence-electron chi connectivity index (χ4n) is 0.761. The molecule has 0 aliphatic heterocycles. The van der Waals surface area contributed by atoms with E-state index in [1.807, 2.05) is 6.92 Å². The second-order valence-electron chi connectivity index (χ2n) is 3.36. The molecule has 0 aliphatic rings. The summed E-state index contributed by atoms with van der Waals surface area (Å²) < 4.78 is 23.8. The van der Waals surface area contributed by atoms with E-state index >= 15 is 0 Å². The Bertz CT molecular complexity index is 224. The van der Waals surface area contributed by atoms with Crippen LogP contribution in [0.15, 0.2) is 0 Å². The predicted octanol–water partition coefficient (Wildman–Crippen LogP) is 0.266. The number of sulfonamides is 1. The molecule has 0 saturated heterocycles. The molecule has 0 bridgehead atoms. The van der Waals surface area contributed by atoms with Crippen LogP contribution in [0, 0.1) is 0 Å². The summed E-state index contributed by atoms with van der Waals surface area (Å²) in [6.07, 6.45) is 1.02. The van der Waals surface area contributed by atoms with Gasteiger partial charge in [-0.15, -0.1) is 0 Å². The molecule has 5 heteroatoms. The molecule has 0 saturated carbocycles. The van der Waals surface area contributed by atoms with Crippen LogP contribution < -0.4 is 5.32 Å². The fraction of sp³-hybridized carbons (Fsp3) is 1.00. The molecule has 0 radical (unpaired) electrons. The first-order valence-electron chi connectivity index (χ1n) is 4.53. The van der Waals surface area contributed by atoms with Gasteiger partial charge in [-0.25, -0.2) is 12.7 Å². The summed E-state index contributed by atoms with van der Waals surface area (Å²) in [5, 5.41) is 3.14. The van der Waals surface area contributed by atoms with E-state index in [1.165, 1.54) is 4.31 Å². The second kappa shape index (κ2) is 5.57. The molecule has 1 unspecified atom stereocenters.